The minimum atomic E-state index is 0.121. The van der Waals surface area contributed by atoms with Crippen LogP contribution in [0.25, 0.3) is 0 Å². The van der Waals surface area contributed by atoms with E-state index in [0.717, 1.165) is 30.5 Å². The van der Waals surface area contributed by atoms with Gasteiger partial charge in [0.15, 0.2) is 11.5 Å². The Balaban J connectivity index is 2.35. The zero-order valence-electron chi connectivity index (χ0n) is 10.2. The summed E-state index contributed by atoms with van der Waals surface area (Å²) < 4.78 is 5.29. The number of hydrogen-bond acceptors (Lipinski definition) is 3. The van der Waals surface area contributed by atoms with Crippen LogP contribution >= 0.6 is 11.6 Å². The topological polar surface area (TPSA) is 41.5 Å². The van der Waals surface area contributed by atoms with Gasteiger partial charge in [-0.2, -0.15) is 0 Å². The van der Waals surface area contributed by atoms with Crippen LogP contribution in [0.4, 0.5) is 0 Å². The van der Waals surface area contributed by atoms with E-state index < -0.39 is 0 Å². The molecule has 1 aliphatic heterocycles. The molecule has 1 saturated heterocycles. The quantitative estimate of drug-likeness (QED) is 0.873. The molecule has 0 spiro atoms. The van der Waals surface area contributed by atoms with Crippen LogP contribution in [0.1, 0.15) is 24.0 Å². The minimum Gasteiger partial charge on any atom is -0.504 e. The average Bonchev–Trinajstić information content (AvgIpc) is 2.78. The monoisotopic (exact) mass is 255 g/mol. The van der Waals surface area contributed by atoms with E-state index in [2.05, 4.69) is 5.32 Å². The van der Waals surface area contributed by atoms with Crippen LogP contribution in [-0.2, 0) is 6.42 Å². The van der Waals surface area contributed by atoms with E-state index in [1.54, 1.807) is 13.2 Å². The van der Waals surface area contributed by atoms with Crippen molar-refractivity contribution in [2.24, 2.45) is 0 Å². The maximum Gasteiger partial charge on any atom is 0.164 e. The van der Waals surface area contributed by atoms with Gasteiger partial charge in [-0.05, 0) is 38.3 Å². The SMILES string of the molecule is COc1c(O)cc(Cl)c(C)c1CC1CCCN1. The number of nitrogens with one attached hydrogen (secondary N) is 1. The van der Waals surface area contributed by atoms with Crippen molar-refractivity contribution >= 4 is 11.6 Å². The third-order valence-corrected chi connectivity index (χ3v) is 3.79. The molecule has 1 fully saturated rings. The van der Waals surface area contributed by atoms with Crippen molar-refractivity contribution in [3.8, 4) is 11.5 Å². The van der Waals surface area contributed by atoms with E-state index in [0.29, 0.717) is 16.8 Å². The Morgan fingerprint density at radius 1 is 1.59 bits per heavy atom. The summed E-state index contributed by atoms with van der Waals surface area (Å²) in [7, 11) is 1.58. The molecule has 17 heavy (non-hydrogen) atoms. The highest BCUT2D eigenvalue weighted by atomic mass is 35.5. The van der Waals surface area contributed by atoms with Crippen LogP contribution < -0.4 is 10.1 Å². The Morgan fingerprint density at radius 3 is 2.94 bits per heavy atom. The van der Waals surface area contributed by atoms with Crippen LogP contribution in [-0.4, -0.2) is 24.8 Å². The molecule has 1 heterocycles. The van der Waals surface area contributed by atoms with E-state index in [4.69, 9.17) is 16.3 Å². The fourth-order valence-corrected chi connectivity index (χ4v) is 2.63. The van der Waals surface area contributed by atoms with Crippen molar-refractivity contribution in [3.05, 3.63) is 22.2 Å². The summed E-state index contributed by atoms with van der Waals surface area (Å²) in [4.78, 5) is 0. The lowest BCUT2D eigenvalue weighted by Crippen LogP contribution is -2.24. The molecule has 0 saturated carbocycles. The standard InChI is InChI=1S/C13H18ClNO2/c1-8-10(6-9-4-3-5-15-9)13(17-2)12(16)7-11(8)14/h7,9,15-16H,3-6H2,1-2H3. The van der Waals surface area contributed by atoms with Crippen molar-refractivity contribution in [2.45, 2.75) is 32.2 Å². The second-order valence-electron chi connectivity index (χ2n) is 4.51. The molecule has 1 aromatic carbocycles. The van der Waals surface area contributed by atoms with E-state index in [1.165, 1.54) is 6.42 Å². The lowest BCUT2D eigenvalue weighted by molar-refractivity contribution is 0.367. The number of phenols is 1. The molecule has 1 aromatic rings. The first kappa shape index (κ1) is 12.5. The second-order valence-corrected chi connectivity index (χ2v) is 4.92. The van der Waals surface area contributed by atoms with Crippen LogP contribution in [0, 0.1) is 6.92 Å². The number of rotatable bonds is 3. The van der Waals surface area contributed by atoms with Gasteiger partial charge in [-0.25, -0.2) is 0 Å². The van der Waals surface area contributed by atoms with Gasteiger partial charge in [-0.3, -0.25) is 0 Å². The van der Waals surface area contributed by atoms with Gasteiger partial charge in [0.2, 0.25) is 0 Å². The maximum atomic E-state index is 9.84. The predicted octanol–water partition coefficient (Wildman–Crippen LogP) is 2.66. The number of methoxy groups -OCH3 is 1. The average molecular weight is 256 g/mol. The summed E-state index contributed by atoms with van der Waals surface area (Å²) in [6, 6.07) is 2.00. The number of phenolic OH excluding ortho intramolecular Hbond substituents is 1. The van der Waals surface area contributed by atoms with Crippen molar-refractivity contribution in [1.29, 1.82) is 0 Å². The first-order valence-electron chi connectivity index (χ1n) is 5.91. The molecule has 2 N–H and O–H groups in total. The molecule has 0 bridgehead atoms. The lowest BCUT2D eigenvalue weighted by Gasteiger charge is -2.17. The summed E-state index contributed by atoms with van der Waals surface area (Å²) in [5, 5.41) is 13.9. The molecule has 0 aromatic heterocycles. The molecule has 4 heteroatoms. The summed E-state index contributed by atoms with van der Waals surface area (Å²) in [6.07, 6.45) is 3.22. The fourth-order valence-electron chi connectivity index (χ4n) is 2.41. The predicted molar refractivity (Wildman–Crippen MR) is 69.1 cm³/mol. The molecule has 1 aliphatic rings. The molecule has 1 unspecified atom stereocenters. The van der Waals surface area contributed by atoms with E-state index in [9.17, 15) is 5.11 Å². The summed E-state index contributed by atoms with van der Waals surface area (Å²) in [5.74, 6) is 0.677. The third-order valence-electron chi connectivity index (χ3n) is 3.40. The van der Waals surface area contributed by atoms with Gasteiger partial charge in [-0.1, -0.05) is 11.6 Å². The van der Waals surface area contributed by atoms with Gasteiger partial charge in [0.25, 0.3) is 0 Å². The largest absolute Gasteiger partial charge is 0.504 e. The summed E-state index contributed by atoms with van der Waals surface area (Å²) >= 11 is 6.10. The van der Waals surface area contributed by atoms with Crippen LogP contribution in [0.5, 0.6) is 11.5 Å². The number of hydrogen-bond donors (Lipinski definition) is 2. The Morgan fingerprint density at radius 2 is 2.35 bits per heavy atom. The fraction of sp³-hybridized carbons (Fsp3) is 0.538. The van der Waals surface area contributed by atoms with Crippen LogP contribution in [0.15, 0.2) is 6.07 Å². The smallest absolute Gasteiger partial charge is 0.164 e. The van der Waals surface area contributed by atoms with Gasteiger partial charge >= 0.3 is 0 Å². The Kier molecular flexibility index (Phi) is 3.79. The Hall–Kier alpha value is -0.930. The molecule has 94 valence electrons. The van der Waals surface area contributed by atoms with Crippen LogP contribution in [0.2, 0.25) is 5.02 Å². The zero-order valence-corrected chi connectivity index (χ0v) is 11.0. The minimum absolute atomic E-state index is 0.121. The number of halogens is 1. The molecule has 1 atom stereocenters. The number of aromatic hydroxyl groups is 1. The van der Waals surface area contributed by atoms with Gasteiger partial charge in [0.05, 0.1) is 7.11 Å². The van der Waals surface area contributed by atoms with E-state index in [1.807, 2.05) is 6.92 Å². The molecule has 0 aliphatic carbocycles. The molecule has 0 radical (unpaired) electrons. The van der Waals surface area contributed by atoms with Gasteiger partial charge in [0, 0.05) is 22.7 Å². The number of benzene rings is 1. The van der Waals surface area contributed by atoms with Crippen molar-refractivity contribution < 1.29 is 9.84 Å². The highest BCUT2D eigenvalue weighted by Crippen LogP contribution is 2.38. The molecule has 3 nitrogen and oxygen atoms in total. The highest BCUT2D eigenvalue weighted by molar-refractivity contribution is 6.31. The maximum absolute atomic E-state index is 9.84. The second kappa shape index (κ2) is 5.15. The number of ether oxygens (including phenoxy) is 1. The van der Waals surface area contributed by atoms with E-state index in [-0.39, 0.29) is 5.75 Å². The Bertz CT molecular complexity index is 414. The first-order chi connectivity index (χ1) is 8.13. The molecule has 0 amide bonds. The van der Waals surface area contributed by atoms with Crippen molar-refractivity contribution in [2.75, 3.05) is 13.7 Å². The van der Waals surface area contributed by atoms with Crippen molar-refractivity contribution in [3.63, 3.8) is 0 Å². The lowest BCUT2D eigenvalue weighted by atomic mass is 9.98. The summed E-state index contributed by atoms with van der Waals surface area (Å²) in [6.45, 7) is 3.03. The molecular weight excluding hydrogens is 238 g/mol. The molecule has 2 rings (SSSR count). The third kappa shape index (κ3) is 2.50. The first-order valence-corrected chi connectivity index (χ1v) is 6.29. The van der Waals surface area contributed by atoms with Crippen LogP contribution in [0.3, 0.4) is 0 Å². The Labute approximate surface area is 107 Å². The zero-order chi connectivity index (χ0) is 12.4. The highest BCUT2D eigenvalue weighted by Gasteiger charge is 2.21. The summed E-state index contributed by atoms with van der Waals surface area (Å²) in [5.41, 5.74) is 2.01. The molecular formula is C13H18ClNO2. The van der Waals surface area contributed by atoms with Gasteiger partial charge in [0.1, 0.15) is 0 Å². The van der Waals surface area contributed by atoms with Gasteiger partial charge < -0.3 is 15.2 Å². The van der Waals surface area contributed by atoms with E-state index >= 15 is 0 Å². The van der Waals surface area contributed by atoms with Crippen molar-refractivity contribution in [1.82, 2.24) is 5.32 Å². The van der Waals surface area contributed by atoms with Gasteiger partial charge in [-0.15, -0.1) is 0 Å². The normalized spacial score (nSPS) is 19.6.